The molecule has 0 amide bonds. The van der Waals surface area contributed by atoms with Crippen molar-refractivity contribution in [2.24, 2.45) is 11.5 Å². The summed E-state index contributed by atoms with van der Waals surface area (Å²) in [6, 6.07) is 3.69. The van der Waals surface area contributed by atoms with Crippen molar-refractivity contribution in [3.63, 3.8) is 0 Å². The summed E-state index contributed by atoms with van der Waals surface area (Å²) in [5, 5.41) is 0. The zero-order chi connectivity index (χ0) is 8.77. The highest BCUT2D eigenvalue weighted by Gasteiger charge is 2.45. The maximum atomic E-state index is 5.95. The highest BCUT2D eigenvalue weighted by atomic mass is 16.3. The van der Waals surface area contributed by atoms with Crippen LogP contribution >= 0.6 is 0 Å². The molecule has 1 fully saturated rings. The molecule has 0 aliphatic heterocycles. The number of furan rings is 1. The molecule has 3 nitrogen and oxygen atoms in total. The molecule has 66 valence electrons. The second kappa shape index (κ2) is 2.34. The Morgan fingerprint density at radius 2 is 2.17 bits per heavy atom. The van der Waals surface area contributed by atoms with Crippen molar-refractivity contribution in [3.8, 4) is 0 Å². The lowest BCUT2D eigenvalue weighted by Gasteiger charge is -2.15. The van der Waals surface area contributed by atoms with Crippen LogP contribution < -0.4 is 11.5 Å². The summed E-state index contributed by atoms with van der Waals surface area (Å²) >= 11 is 0. The summed E-state index contributed by atoms with van der Waals surface area (Å²) in [5.74, 6) is 1.71. The first-order valence-corrected chi connectivity index (χ1v) is 4.23. The van der Waals surface area contributed by atoms with Crippen LogP contribution in [-0.2, 0) is 0 Å². The van der Waals surface area contributed by atoms with E-state index in [1.165, 1.54) is 0 Å². The van der Waals surface area contributed by atoms with Crippen molar-refractivity contribution >= 4 is 0 Å². The molecule has 0 radical (unpaired) electrons. The van der Waals surface area contributed by atoms with Gasteiger partial charge in [0.25, 0.3) is 0 Å². The largest absolute Gasteiger partial charge is 0.465 e. The second-order valence-corrected chi connectivity index (χ2v) is 3.66. The Kier molecular flexibility index (Phi) is 1.53. The molecule has 1 saturated carbocycles. The average molecular weight is 166 g/mol. The van der Waals surface area contributed by atoms with Crippen LogP contribution in [0.25, 0.3) is 0 Å². The highest BCUT2D eigenvalue weighted by Crippen LogP contribution is 2.42. The second-order valence-electron chi connectivity index (χ2n) is 3.66. The van der Waals surface area contributed by atoms with Gasteiger partial charge in [-0.15, -0.1) is 0 Å². The van der Waals surface area contributed by atoms with E-state index < -0.39 is 0 Å². The van der Waals surface area contributed by atoms with Crippen molar-refractivity contribution in [2.75, 3.05) is 0 Å². The molecule has 3 heteroatoms. The van der Waals surface area contributed by atoms with Gasteiger partial charge in [-0.25, -0.2) is 0 Å². The zero-order valence-electron chi connectivity index (χ0n) is 7.21. The van der Waals surface area contributed by atoms with Gasteiger partial charge in [0.2, 0.25) is 0 Å². The lowest BCUT2D eigenvalue weighted by atomic mass is 10.1. The van der Waals surface area contributed by atoms with E-state index in [0.29, 0.717) is 0 Å². The monoisotopic (exact) mass is 166 g/mol. The van der Waals surface area contributed by atoms with Gasteiger partial charge in [-0.05, 0) is 31.9 Å². The van der Waals surface area contributed by atoms with Crippen molar-refractivity contribution in [3.05, 3.63) is 23.7 Å². The first-order chi connectivity index (χ1) is 5.62. The number of nitrogens with two attached hydrogens (primary N) is 2. The van der Waals surface area contributed by atoms with Gasteiger partial charge in [0.1, 0.15) is 11.5 Å². The summed E-state index contributed by atoms with van der Waals surface area (Å²) in [4.78, 5) is 0. The third-order valence-electron chi connectivity index (χ3n) is 2.51. The minimum absolute atomic E-state index is 0.133. The Labute approximate surface area is 71.7 Å². The lowest BCUT2D eigenvalue weighted by molar-refractivity contribution is 0.401. The van der Waals surface area contributed by atoms with Crippen molar-refractivity contribution in [2.45, 2.75) is 31.3 Å². The lowest BCUT2D eigenvalue weighted by Crippen LogP contribution is -2.35. The Morgan fingerprint density at radius 1 is 1.50 bits per heavy atom. The molecular formula is C9H14N2O. The third kappa shape index (κ3) is 1.15. The maximum Gasteiger partial charge on any atom is 0.122 e. The molecule has 1 aliphatic carbocycles. The van der Waals surface area contributed by atoms with Crippen LogP contribution in [0.1, 0.15) is 30.4 Å². The van der Waals surface area contributed by atoms with Crippen LogP contribution in [0, 0.1) is 6.92 Å². The van der Waals surface area contributed by atoms with Crippen LogP contribution in [0.2, 0.25) is 0 Å². The van der Waals surface area contributed by atoms with Crippen LogP contribution in [0.15, 0.2) is 16.5 Å². The Bertz CT molecular complexity index is 288. The van der Waals surface area contributed by atoms with E-state index in [4.69, 9.17) is 15.9 Å². The molecule has 2 rings (SSSR count). The predicted octanol–water partition coefficient (Wildman–Crippen LogP) is 1.08. The van der Waals surface area contributed by atoms with E-state index in [2.05, 4.69) is 0 Å². The predicted molar refractivity (Wildman–Crippen MR) is 46.5 cm³/mol. The molecular weight excluding hydrogens is 152 g/mol. The molecule has 1 heterocycles. The highest BCUT2D eigenvalue weighted by molar-refractivity contribution is 5.19. The molecule has 1 aromatic rings. The van der Waals surface area contributed by atoms with E-state index in [1.807, 2.05) is 19.1 Å². The van der Waals surface area contributed by atoms with Crippen LogP contribution in [0.3, 0.4) is 0 Å². The van der Waals surface area contributed by atoms with E-state index in [1.54, 1.807) is 0 Å². The van der Waals surface area contributed by atoms with Gasteiger partial charge in [0.15, 0.2) is 0 Å². The maximum absolute atomic E-state index is 5.95. The van der Waals surface area contributed by atoms with Gasteiger partial charge in [-0.3, -0.25) is 0 Å². The topological polar surface area (TPSA) is 65.2 Å². The zero-order valence-corrected chi connectivity index (χ0v) is 7.21. The molecule has 12 heavy (non-hydrogen) atoms. The fourth-order valence-electron chi connectivity index (χ4n) is 1.36. The molecule has 1 aliphatic rings. The van der Waals surface area contributed by atoms with Gasteiger partial charge in [-0.2, -0.15) is 0 Å². The third-order valence-corrected chi connectivity index (χ3v) is 2.51. The molecule has 1 unspecified atom stereocenters. The smallest absolute Gasteiger partial charge is 0.122 e. The Morgan fingerprint density at radius 3 is 2.58 bits per heavy atom. The molecule has 1 aromatic heterocycles. The van der Waals surface area contributed by atoms with Gasteiger partial charge in [-0.1, -0.05) is 0 Å². The number of rotatable bonds is 2. The Hall–Kier alpha value is -0.800. The van der Waals surface area contributed by atoms with E-state index in [0.717, 1.165) is 24.4 Å². The number of aryl methyl sites for hydroxylation is 1. The van der Waals surface area contributed by atoms with Gasteiger partial charge in [0, 0.05) is 5.54 Å². The molecule has 0 spiro atoms. The van der Waals surface area contributed by atoms with E-state index >= 15 is 0 Å². The van der Waals surface area contributed by atoms with Gasteiger partial charge in [0.05, 0.1) is 6.04 Å². The summed E-state index contributed by atoms with van der Waals surface area (Å²) in [5.41, 5.74) is 11.7. The van der Waals surface area contributed by atoms with Crippen molar-refractivity contribution in [1.29, 1.82) is 0 Å². The first-order valence-electron chi connectivity index (χ1n) is 4.23. The summed E-state index contributed by atoms with van der Waals surface area (Å²) in [7, 11) is 0. The minimum atomic E-state index is -0.190. The number of hydrogen-bond donors (Lipinski definition) is 2. The van der Waals surface area contributed by atoms with E-state index in [-0.39, 0.29) is 11.6 Å². The minimum Gasteiger partial charge on any atom is -0.465 e. The Balaban J connectivity index is 2.19. The molecule has 0 bridgehead atoms. The molecule has 0 aromatic carbocycles. The van der Waals surface area contributed by atoms with Crippen LogP contribution in [-0.4, -0.2) is 5.54 Å². The quantitative estimate of drug-likeness (QED) is 0.691. The summed E-state index contributed by atoms with van der Waals surface area (Å²) in [6.45, 7) is 1.91. The average Bonchev–Trinajstić information content (AvgIpc) is 2.62. The van der Waals surface area contributed by atoms with Gasteiger partial charge >= 0.3 is 0 Å². The van der Waals surface area contributed by atoms with Crippen molar-refractivity contribution < 1.29 is 4.42 Å². The summed E-state index contributed by atoms with van der Waals surface area (Å²) in [6.07, 6.45) is 2.02. The van der Waals surface area contributed by atoms with Crippen LogP contribution in [0.5, 0.6) is 0 Å². The van der Waals surface area contributed by atoms with E-state index in [9.17, 15) is 0 Å². The standard InChI is InChI=1S/C9H14N2O/c1-6-2-3-7(12-6)8(10)9(11)4-5-9/h2-3,8H,4-5,10-11H2,1H3. The van der Waals surface area contributed by atoms with Crippen LogP contribution in [0.4, 0.5) is 0 Å². The molecule has 4 N–H and O–H groups in total. The molecule has 0 saturated heterocycles. The summed E-state index contributed by atoms with van der Waals surface area (Å²) < 4.78 is 5.41. The SMILES string of the molecule is Cc1ccc(C(N)C2(N)CC2)o1. The molecule has 1 atom stereocenters. The first kappa shape index (κ1) is 7.83. The normalized spacial score (nSPS) is 22.2. The fourth-order valence-corrected chi connectivity index (χ4v) is 1.36. The number of hydrogen-bond acceptors (Lipinski definition) is 3. The van der Waals surface area contributed by atoms with Crippen molar-refractivity contribution in [1.82, 2.24) is 0 Å². The fraction of sp³-hybridized carbons (Fsp3) is 0.556. The van der Waals surface area contributed by atoms with Gasteiger partial charge < -0.3 is 15.9 Å².